The molecule has 0 N–H and O–H groups in total. The van der Waals surface area contributed by atoms with Gasteiger partial charge in [0.1, 0.15) is 0 Å². The summed E-state index contributed by atoms with van der Waals surface area (Å²) in [4.78, 5) is 5.80. The van der Waals surface area contributed by atoms with Gasteiger partial charge in [-0.25, -0.2) is 0 Å². The van der Waals surface area contributed by atoms with Crippen molar-refractivity contribution in [2.45, 2.75) is 50.8 Å². The highest BCUT2D eigenvalue weighted by molar-refractivity contribution is 5.02. The first-order valence-corrected chi connectivity index (χ1v) is 4.85. The van der Waals surface area contributed by atoms with Gasteiger partial charge in [-0.05, 0) is 25.7 Å². The van der Waals surface area contributed by atoms with Crippen LogP contribution in [-0.4, -0.2) is 23.3 Å². The molecule has 2 nitrogen and oxygen atoms in total. The van der Waals surface area contributed by atoms with Crippen molar-refractivity contribution < 1.29 is 4.84 Å². The lowest BCUT2D eigenvalue weighted by Crippen LogP contribution is -2.53. The molecule has 2 heteroatoms. The largest absolute Gasteiger partial charge is 0.295 e. The van der Waals surface area contributed by atoms with Crippen LogP contribution < -0.4 is 0 Å². The van der Waals surface area contributed by atoms with Gasteiger partial charge in [-0.3, -0.25) is 4.84 Å². The highest BCUT2D eigenvalue weighted by Gasteiger charge is 2.55. The molecule has 0 spiro atoms. The van der Waals surface area contributed by atoms with Crippen molar-refractivity contribution in [3.05, 3.63) is 0 Å². The van der Waals surface area contributed by atoms with Crippen LogP contribution in [0.4, 0.5) is 0 Å². The van der Waals surface area contributed by atoms with E-state index in [1.54, 1.807) is 0 Å². The molecular weight excluding hydrogens is 138 g/mol. The molecule has 62 valence electrons. The molecule has 3 fully saturated rings. The zero-order valence-corrected chi connectivity index (χ0v) is 6.99. The third-order valence-electron chi connectivity index (χ3n) is 3.69. The minimum Gasteiger partial charge on any atom is -0.295 e. The average Bonchev–Trinajstić information content (AvgIpc) is 2.20. The molecule has 3 rings (SSSR count). The van der Waals surface area contributed by atoms with E-state index in [-0.39, 0.29) is 0 Å². The van der Waals surface area contributed by atoms with Gasteiger partial charge in [-0.2, -0.15) is 5.06 Å². The Balaban J connectivity index is 1.88. The van der Waals surface area contributed by atoms with E-state index >= 15 is 0 Å². The Morgan fingerprint density at radius 2 is 2.36 bits per heavy atom. The predicted molar refractivity (Wildman–Crippen MR) is 41.9 cm³/mol. The van der Waals surface area contributed by atoms with Crippen LogP contribution in [0.2, 0.25) is 0 Å². The van der Waals surface area contributed by atoms with E-state index < -0.39 is 0 Å². The van der Waals surface area contributed by atoms with Gasteiger partial charge in [0.15, 0.2) is 0 Å². The summed E-state index contributed by atoms with van der Waals surface area (Å²) in [7, 11) is 0. The van der Waals surface area contributed by atoms with Crippen molar-refractivity contribution in [1.29, 1.82) is 0 Å². The van der Waals surface area contributed by atoms with E-state index in [0.29, 0.717) is 6.10 Å². The molecule has 4 atom stereocenters. The molecule has 0 aromatic heterocycles. The van der Waals surface area contributed by atoms with Gasteiger partial charge >= 0.3 is 0 Å². The van der Waals surface area contributed by atoms with Gasteiger partial charge in [0.05, 0.1) is 6.10 Å². The molecule has 3 heterocycles. The van der Waals surface area contributed by atoms with E-state index in [0.717, 1.165) is 18.0 Å². The molecule has 4 unspecified atom stereocenters. The maximum Gasteiger partial charge on any atom is 0.0837 e. The van der Waals surface area contributed by atoms with Crippen LogP contribution in [0.15, 0.2) is 0 Å². The summed E-state index contributed by atoms with van der Waals surface area (Å²) in [5, 5.41) is 2.28. The van der Waals surface area contributed by atoms with Crippen LogP contribution >= 0.6 is 0 Å². The maximum atomic E-state index is 5.80. The molecule has 0 saturated carbocycles. The molecule has 0 aromatic carbocycles. The molecule has 0 radical (unpaired) electrons. The standard InChI is InChI=1S/C9H15NO/c1-2-7-8-5-6-3-4-9(7)11-10(6)8/h6-9H,2-5H2,1H3. The fraction of sp³-hybridized carbons (Fsp3) is 1.00. The first kappa shape index (κ1) is 6.44. The van der Waals surface area contributed by atoms with E-state index in [4.69, 9.17) is 4.84 Å². The van der Waals surface area contributed by atoms with Gasteiger partial charge in [0, 0.05) is 18.0 Å². The second kappa shape index (κ2) is 1.99. The number of nitrogens with zero attached hydrogens (tertiary/aromatic N) is 1. The highest BCUT2D eigenvalue weighted by Crippen LogP contribution is 2.49. The number of hydroxylamine groups is 2. The van der Waals surface area contributed by atoms with Crippen molar-refractivity contribution in [3.8, 4) is 0 Å². The first-order valence-electron chi connectivity index (χ1n) is 4.85. The summed E-state index contributed by atoms with van der Waals surface area (Å²) in [5.74, 6) is 0.855. The van der Waals surface area contributed by atoms with Crippen LogP contribution in [0.25, 0.3) is 0 Å². The lowest BCUT2D eigenvalue weighted by molar-refractivity contribution is -0.257. The quantitative estimate of drug-likeness (QED) is 0.567. The Hall–Kier alpha value is -0.0800. The molecule has 2 bridgehead atoms. The SMILES string of the molecule is CCC1C2CCC3CC1N3O2. The molecular formula is C9H15NO. The Morgan fingerprint density at radius 1 is 1.45 bits per heavy atom. The topological polar surface area (TPSA) is 12.5 Å². The maximum absolute atomic E-state index is 5.80. The Kier molecular flexibility index (Phi) is 1.16. The lowest BCUT2D eigenvalue weighted by Gasteiger charge is -2.44. The van der Waals surface area contributed by atoms with E-state index in [9.17, 15) is 0 Å². The third kappa shape index (κ3) is 0.651. The molecule has 0 aliphatic carbocycles. The minimum atomic E-state index is 0.587. The van der Waals surface area contributed by atoms with Crippen molar-refractivity contribution in [2.75, 3.05) is 0 Å². The summed E-state index contributed by atoms with van der Waals surface area (Å²) in [6, 6.07) is 1.60. The van der Waals surface area contributed by atoms with Gasteiger partial charge in [0.2, 0.25) is 0 Å². The number of hydrogen-bond donors (Lipinski definition) is 0. The Morgan fingerprint density at radius 3 is 3.09 bits per heavy atom. The van der Waals surface area contributed by atoms with Crippen molar-refractivity contribution in [1.82, 2.24) is 5.06 Å². The molecule has 0 aromatic rings. The molecule has 3 aliphatic rings. The summed E-state index contributed by atoms with van der Waals surface area (Å²) in [6.07, 6.45) is 6.00. The average molecular weight is 153 g/mol. The van der Waals surface area contributed by atoms with E-state index in [1.165, 1.54) is 25.7 Å². The molecule has 11 heavy (non-hydrogen) atoms. The van der Waals surface area contributed by atoms with Gasteiger partial charge in [0.25, 0.3) is 0 Å². The number of hydrogen-bond acceptors (Lipinski definition) is 2. The second-order valence-electron chi connectivity index (χ2n) is 4.11. The molecule has 0 amide bonds. The number of fused-ring (bicyclic) bond motifs is 1. The van der Waals surface area contributed by atoms with Crippen LogP contribution in [0, 0.1) is 5.92 Å². The summed E-state index contributed by atoms with van der Waals surface area (Å²) in [6.45, 7) is 2.29. The minimum absolute atomic E-state index is 0.587. The third-order valence-corrected chi connectivity index (χ3v) is 3.69. The van der Waals surface area contributed by atoms with Crippen LogP contribution in [0.5, 0.6) is 0 Å². The van der Waals surface area contributed by atoms with Crippen LogP contribution in [0.3, 0.4) is 0 Å². The lowest BCUT2D eigenvalue weighted by atomic mass is 9.86. The number of rotatable bonds is 1. The van der Waals surface area contributed by atoms with Gasteiger partial charge in [-0.1, -0.05) is 6.92 Å². The fourth-order valence-corrected chi connectivity index (χ4v) is 3.03. The first-order chi connectivity index (χ1) is 5.40. The molecule has 3 aliphatic heterocycles. The van der Waals surface area contributed by atoms with Crippen LogP contribution in [0.1, 0.15) is 32.6 Å². The van der Waals surface area contributed by atoms with E-state index in [1.807, 2.05) is 0 Å². The van der Waals surface area contributed by atoms with Crippen molar-refractivity contribution in [3.63, 3.8) is 0 Å². The van der Waals surface area contributed by atoms with Crippen molar-refractivity contribution >= 4 is 0 Å². The Bertz CT molecular complexity index is 178. The summed E-state index contributed by atoms with van der Waals surface area (Å²) < 4.78 is 0. The predicted octanol–water partition coefficient (Wildman–Crippen LogP) is 1.56. The monoisotopic (exact) mass is 153 g/mol. The zero-order valence-electron chi connectivity index (χ0n) is 6.99. The normalized spacial score (nSPS) is 54.3. The van der Waals surface area contributed by atoms with Gasteiger partial charge in [-0.15, -0.1) is 0 Å². The fourth-order valence-electron chi connectivity index (χ4n) is 3.03. The van der Waals surface area contributed by atoms with E-state index in [2.05, 4.69) is 12.0 Å². The zero-order chi connectivity index (χ0) is 7.42. The Labute approximate surface area is 67.5 Å². The van der Waals surface area contributed by atoms with Crippen LogP contribution in [-0.2, 0) is 4.84 Å². The highest BCUT2D eigenvalue weighted by atomic mass is 16.7. The summed E-state index contributed by atoms with van der Waals surface area (Å²) in [5.41, 5.74) is 0. The smallest absolute Gasteiger partial charge is 0.0837 e. The summed E-state index contributed by atoms with van der Waals surface area (Å²) >= 11 is 0. The molecule has 3 saturated heterocycles. The van der Waals surface area contributed by atoms with Gasteiger partial charge < -0.3 is 0 Å². The van der Waals surface area contributed by atoms with Crippen molar-refractivity contribution in [2.24, 2.45) is 5.92 Å². The second-order valence-corrected chi connectivity index (χ2v) is 4.11.